The molecule has 0 saturated heterocycles. The number of Topliss-reactive ketones (excluding diaryl/α,β-unsaturated/α-hetero) is 1. The van der Waals surface area contributed by atoms with Crippen LogP contribution in [0.25, 0.3) is 0 Å². The van der Waals surface area contributed by atoms with E-state index in [1.54, 1.807) is 0 Å². The standard InChI is InChI=1S/C20H17N3O7/c1-30-14-9-10-21-18(14)19(26)17-16-11(5-3-2-4-6-15(24)25)13(23(28)29)8-7-12(16)22-20(17)27/h7-10,17,21H,4-6H2,1H3,(H,22,27)(H,24,25). The van der Waals surface area contributed by atoms with Crippen LogP contribution < -0.4 is 10.1 Å². The number of carbonyl (C=O) groups excluding carboxylic acids is 2. The predicted molar refractivity (Wildman–Crippen MR) is 104 cm³/mol. The van der Waals surface area contributed by atoms with Crippen LogP contribution >= 0.6 is 0 Å². The van der Waals surface area contributed by atoms with Crippen molar-refractivity contribution in [3.05, 3.63) is 51.3 Å². The molecular formula is C20H17N3O7. The van der Waals surface area contributed by atoms with Crippen molar-refractivity contribution in [2.24, 2.45) is 0 Å². The Labute approximate surface area is 170 Å². The molecule has 1 unspecified atom stereocenters. The third kappa shape index (κ3) is 3.86. The van der Waals surface area contributed by atoms with E-state index in [2.05, 4.69) is 22.1 Å². The van der Waals surface area contributed by atoms with E-state index in [1.165, 1.54) is 31.5 Å². The van der Waals surface area contributed by atoms with Crippen molar-refractivity contribution in [2.45, 2.75) is 25.2 Å². The number of H-pyrrole nitrogens is 1. The normalized spacial score (nSPS) is 14.3. The zero-order valence-corrected chi connectivity index (χ0v) is 15.9. The quantitative estimate of drug-likeness (QED) is 0.208. The number of rotatable bonds is 7. The number of carboxylic acids is 1. The predicted octanol–water partition coefficient (Wildman–Crippen LogP) is 2.26. The van der Waals surface area contributed by atoms with Crippen molar-refractivity contribution in [2.75, 3.05) is 12.4 Å². The Balaban J connectivity index is 2.05. The van der Waals surface area contributed by atoms with Gasteiger partial charge in [0.1, 0.15) is 17.4 Å². The summed E-state index contributed by atoms with van der Waals surface area (Å²) in [7, 11) is 1.38. The van der Waals surface area contributed by atoms with Gasteiger partial charge in [-0.15, -0.1) is 5.92 Å². The number of nitrogens with one attached hydrogen (secondary N) is 2. The molecule has 0 aliphatic carbocycles. The van der Waals surface area contributed by atoms with E-state index >= 15 is 0 Å². The first kappa shape index (κ1) is 20.6. The van der Waals surface area contributed by atoms with Gasteiger partial charge in [0.05, 0.1) is 18.5 Å². The summed E-state index contributed by atoms with van der Waals surface area (Å²) in [6, 6.07) is 4.16. The topological polar surface area (TPSA) is 152 Å². The zero-order valence-electron chi connectivity index (χ0n) is 15.9. The lowest BCUT2D eigenvalue weighted by molar-refractivity contribution is -0.385. The number of hydrogen-bond acceptors (Lipinski definition) is 6. The molecule has 1 aromatic carbocycles. The third-order valence-corrected chi connectivity index (χ3v) is 4.63. The molecule has 1 atom stereocenters. The number of fused-ring (bicyclic) bond motifs is 1. The molecule has 0 fully saturated rings. The molecular weight excluding hydrogens is 394 g/mol. The van der Waals surface area contributed by atoms with Crippen molar-refractivity contribution in [3.63, 3.8) is 0 Å². The number of nitro benzene ring substituents is 1. The number of methoxy groups -OCH3 is 1. The zero-order chi connectivity index (χ0) is 21.8. The van der Waals surface area contributed by atoms with Crippen molar-refractivity contribution in [1.82, 2.24) is 4.98 Å². The van der Waals surface area contributed by atoms with Crippen LogP contribution in [0, 0.1) is 22.0 Å². The lowest BCUT2D eigenvalue weighted by Crippen LogP contribution is -2.22. The smallest absolute Gasteiger partial charge is 0.304 e. The summed E-state index contributed by atoms with van der Waals surface area (Å²) < 4.78 is 5.13. The number of benzene rings is 1. The molecule has 0 spiro atoms. The minimum absolute atomic E-state index is 0.0792. The number of carbonyl (C=O) groups is 3. The van der Waals surface area contributed by atoms with Gasteiger partial charge in [0.25, 0.3) is 5.69 Å². The van der Waals surface area contributed by atoms with E-state index in [-0.39, 0.29) is 47.5 Å². The molecule has 1 aromatic heterocycles. The van der Waals surface area contributed by atoms with E-state index in [0.29, 0.717) is 5.69 Å². The van der Waals surface area contributed by atoms with Crippen LogP contribution in [-0.2, 0) is 16.0 Å². The third-order valence-electron chi connectivity index (χ3n) is 4.63. The van der Waals surface area contributed by atoms with Gasteiger partial charge in [0.15, 0.2) is 5.78 Å². The Morgan fingerprint density at radius 2 is 2.07 bits per heavy atom. The Morgan fingerprint density at radius 1 is 1.30 bits per heavy atom. The molecule has 30 heavy (non-hydrogen) atoms. The fourth-order valence-corrected chi connectivity index (χ4v) is 3.31. The van der Waals surface area contributed by atoms with Gasteiger partial charge in [-0.1, -0.05) is 5.92 Å². The maximum Gasteiger partial charge on any atom is 0.304 e. The maximum atomic E-state index is 13.1. The number of aliphatic carboxylic acids is 1. The fraction of sp³-hybridized carbons (Fsp3) is 0.250. The van der Waals surface area contributed by atoms with Crippen molar-refractivity contribution >= 4 is 29.0 Å². The van der Waals surface area contributed by atoms with Gasteiger partial charge in [-0.3, -0.25) is 24.5 Å². The Kier molecular flexibility index (Phi) is 5.83. The number of nitrogens with zero attached hydrogens (tertiary/aromatic N) is 1. The van der Waals surface area contributed by atoms with Crippen LogP contribution in [0.1, 0.15) is 40.4 Å². The van der Waals surface area contributed by atoms with Gasteiger partial charge in [0, 0.05) is 41.9 Å². The second-order valence-corrected chi connectivity index (χ2v) is 6.41. The average molecular weight is 411 g/mol. The summed E-state index contributed by atoms with van der Waals surface area (Å²) >= 11 is 0. The molecule has 0 bridgehead atoms. The van der Waals surface area contributed by atoms with Crippen LogP contribution in [0.3, 0.4) is 0 Å². The minimum Gasteiger partial charge on any atom is -0.494 e. The number of anilines is 1. The molecule has 1 aliphatic heterocycles. The largest absolute Gasteiger partial charge is 0.494 e. The lowest BCUT2D eigenvalue weighted by atomic mass is 9.88. The highest BCUT2D eigenvalue weighted by Gasteiger charge is 2.42. The number of ether oxygens (including phenoxy) is 1. The van der Waals surface area contributed by atoms with Crippen LogP contribution in [0.5, 0.6) is 5.75 Å². The first-order chi connectivity index (χ1) is 14.3. The first-order valence-corrected chi connectivity index (χ1v) is 8.89. The van der Waals surface area contributed by atoms with E-state index in [0.717, 1.165) is 0 Å². The molecule has 1 amide bonds. The summed E-state index contributed by atoms with van der Waals surface area (Å²) in [5, 5.41) is 22.8. The van der Waals surface area contributed by atoms with Crippen molar-refractivity contribution in [1.29, 1.82) is 0 Å². The fourth-order valence-electron chi connectivity index (χ4n) is 3.31. The molecule has 10 heteroatoms. The van der Waals surface area contributed by atoms with Gasteiger partial charge in [0.2, 0.25) is 5.91 Å². The Hall–Kier alpha value is -4.13. The molecule has 2 heterocycles. The monoisotopic (exact) mass is 411 g/mol. The average Bonchev–Trinajstić information content (AvgIpc) is 3.30. The van der Waals surface area contributed by atoms with Crippen molar-refractivity contribution < 1.29 is 29.2 Å². The van der Waals surface area contributed by atoms with Crippen molar-refractivity contribution in [3.8, 4) is 17.6 Å². The lowest BCUT2D eigenvalue weighted by Gasteiger charge is -2.12. The van der Waals surface area contributed by atoms with Crippen LogP contribution in [0.15, 0.2) is 24.4 Å². The number of carboxylic acid groups (broad SMARTS) is 1. The van der Waals surface area contributed by atoms with E-state index < -0.39 is 28.5 Å². The summed E-state index contributed by atoms with van der Waals surface area (Å²) in [6.45, 7) is 0. The number of aromatic nitrogens is 1. The van der Waals surface area contributed by atoms with E-state index in [4.69, 9.17) is 9.84 Å². The molecule has 3 rings (SSSR count). The summed E-state index contributed by atoms with van der Waals surface area (Å²) in [4.78, 5) is 50.0. The van der Waals surface area contributed by atoms with E-state index in [1.807, 2.05) is 0 Å². The Morgan fingerprint density at radius 3 is 2.73 bits per heavy atom. The number of hydrogen-bond donors (Lipinski definition) is 3. The second kappa shape index (κ2) is 8.48. The van der Waals surface area contributed by atoms with Crippen LogP contribution in [0.2, 0.25) is 0 Å². The highest BCUT2D eigenvalue weighted by molar-refractivity contribution is 6.22. The van der Waals surface area contributed by atoms with Gasteiger partial charge >= 0.3 is 5.97 Å². The molecule has 1 aliphatic rings. The molecule has 2 aromatic rings. The Bertz CT molecular complexity index is 1110. The highest BCUT2D eigenvalue weighted by atomic mass is 16.6. The number of ketones is 1. The number of aromatic amines is 1. The van der Waals surface area contributed by atoms with Gasteiger partial charge in [-0.25, -0.2) is 0 Å². The highest BCUT2D eigenvalue weighted by Crippen LogP contribution is 2.41. The van der Waals surface area contributed by atoms with E-state index in [9.17, 15) is 24.5 Å². The van der Waals surface area contributed by atoms with Crippen LogP contribution in [0.4, 0.5) is 11.4 Å². The van der Waals surface area contributed by atoms with Gasteiger partial charge < -0.3 is 20.1 Å². The maximum absolute atomic E-state index is 13.1. The molecule has 3 N–H and O–H groups in total. The molecule has 0 radical (unpaired) electrons. The van der Waals surface area contributed by atoms with Crippen LogP contribution in [-0.4, -0.2) is 39.8 Å². The second-order valence-electron chi connectivity index (χ2n) is 6.41. The van der Waals surface area contributed by atoms with Gasteiger partial charge in [-0.2, -0.15) is 0 Å². The number of nitro groups is 1. The van der Waals surface area contributed by atoms with Gasteiger partial charge in [-0.05, 0) is 12.1 Å². The summed E-state index contributed by atoms with van der Waals surface area (Å²) in [5.41, 5.74) is 0.451. The first-order valence-electron chi connectivity index (χ1n) is 8.89. The summed E-state index contributed by atoms with van der Waals surface area (Å²) in [6.07, 6.45) is 1.30. The minimum atomic E-state index is -1.30. The SMILES string of the molecule is COc1cc[nH]c1C(=O)C1C(=O)Nc2ccc([N+](=O)[O-])c(CC#CCCC(=O)O)c21. The number of amides is 1. The summed E-state index contributed by atoms with van der Waals surface area (Å²) in [5.74, 6) is 2.12. The molecule has 154 valence electrons. The molecule has 0 saturated carbocycles. The molecule has 10 nitrogen and oxygen atoms in total.